The number of amides is 1. The van der Waals surface area contributed by atoms with Gasteiger partial charge in [0.15, 0.2) is 0 Å². The van der Waals surface area contributed by atoms with Crippen molar-refractivity contribution in [3.8, 4) is 0 Å². The molecular formula is C13H27ClN2O. The molecule has 1 aliphatic carbocycles. The van der Waals surface area contributed by atoms with Gasteiger partial charge in [-0.15, -0.1) is 12.4 Å². The molecule has 17 heavy (non-hydrogen) atoms. The van der Waals surface area contributed by atoms with Crippen molar-refractivity contribution in [1.29, 1.82) is 0 Å². The third-order valence-corrected chi connectivity index (χ3v) is 3.38. The van der Waals surface area contributed by atoms with Crippen molar-refractivity contribution in [2.24, 2.45) is 11.1 Å². The minimum Gasteiger partial charge on any atom is -0.354 e. The van der Waals surface area contributed by atoms with Crippen LogP contribution in [-0.4, -0.2) is 18.0 Å². The van der Waals surface area contributed by atoms with Gasteiger partial charge in [0.1, 0.15) is 0 Å². The smallest absolute Gasteiger partial charge is 0.225 e. The topological polar surface area (TPSA) is 55.1 Å². The highest BCUT2D eigenvalue weighted by atomic mass is 35.5. The van der Waals surface area contributed by atoms with E-state index in [1.807, 2.05) is 20.8 Å². The van der Waals surface area contributed by atoms with E-state index in [1.165, 1.54) is 25.7 Å². The highest BCUT2D eigenvalue weighted by molar-refractivity contribution is 5.85. The van der Waals surface area contributed by atoms with E-state index in [0.29, 0.717) is 6.54 Å². The summed E-state index contributed by atoms with van der Waals surface area (Å²) in [6.07, 6.45) is 7.04. The fourth-order valence-corrected chi connectivity index (χ4v) is 2.13. The van der Waals surface area contributed by atoms with Crippen molar-refractivity contribution < 1.29 is 4.79 Å². The summed E-state index contributed by atoms with van der Waals surface area (Å²) >= 11 is 0. The molecule has 0 unspecified atom stereocenters. The van der Waals surface area contributed by atoms with Crippen LogP contribution in [0.5, 0.6) is 0 Å². The minimum atomic E-state index is -0.318. The van der Waals surface area contributed by atoms with Gasteiger partial charge in [-0.3, -0.25) is 4.79 Å². The summed E-state index contributed by atoms with van der Waals surface area (Å²) in [4.78, 5) is 11.8. The summed E-state index contributed by atoms with van der Waals surface area (Å²) in [6, 6.07) is 0. The van der Waals surface area contributed by atoms with Gasteiger partial charge in [-0.2, -0.15) is 0 Å². The van der Waals surface area contributed by atoms with Crippen molar-refractivity contribution in [2.75, 3.05) is 6.54 Å². The zero-order valence-corrected chi connectivity index (χ0v) is 12.2. The quantitative estimate of drug-likeness (QED) is 0.752. The monoisotopic (exact) mass is 262 g/mol. The third-order valence-electron chi connectivity index (χ3n) is 3.38. The van der Waals surface area contributed by atoms with Crippen LogP contribution in [0.25, 0.3) is 0 Å². The molecule has 0 radical (unpaired) electrons. The molecular weight excluding hydrogens is 236 g/mol. The average Bonchev–Trinajstić information content (AvgIpc) is 2.39. The Hall–Kier alpha value is -0.280. The van der Waals surface area contributed by atoms with Crippen molar-refractivity contribution in [3.63, 3.8) is 0 Å². The number of nitrogens with one attached hydrogen (secondary N) is 1. The summed E-state index contributed by atoms with van der Waals surface area (Å²) in [5.41, 5.74) is 5.85. The Labute approximate surface area is 111 Å². The van der Waals surface area contributed by atoms with Crippen LogP contribution >= 0.6 is 12.4 Å². The summed E-state index contributed by atoms with van der Waals surface area (Å²) in [6.45, 7) is 6.42. The van der Waals surface area contributed by atoms with Crippen LogP contribution in [0.2, 0.25) is 0 Å². The van der Waals surface area contributed by atoms with Gasteiger partial charge in [-0.05, 0) is 12.8 Å². The van der Waals surface area contributed by atoms with E-state index in [2.05, 4.69) is 5.32 Å². The molecule has 0 aliphatic heterocycles. The maximum Gasteiger partial charge on any atom is 0.225 e. The van der Waals surface area contributed by atoms with E-state index in [0.717, 1.165) is 12.8 Å². The Kier molecular flexibility index (Phi) is 6.49. The number of hydrogen-bond donors (Lipinski definition) is 2. The predicted molar refractivity (Wildman–Crippen MR) is 74.3 cm³/mol. The molecule has 0 bridgehead atoms. The van der Waals surface area contributed by atoms with Gasteiger partial charge >= 0.3 is 0 Å². The van der Waals surface area contributed by atoms with Gasteiger partial charge < -0.3 is 11.1 Å². The molecule has 4 heteroatoms. The molecule has 0 spiro atoms. The molecule has 102 valence electrons. The molecule has 0 heterocycles. The molecule has 1 fully saturated rings. The number of carbonyl (C=O) groups is 1. The second kappa shape index (κ2) is 6.60. The molecule has 0 aromatic rings. The molecule has 1 aliphatic rings. The molecule has 3 N–H and O–H groups in total. The van der Waals surface area contributed by atoms with Gasteiger partial charge in [-0.25, -0.2) is 0 Å². The second-order valence-corrected chi connectivity index (χ2v) is 6.21. The van der Waals surface area contributed by atoms with E-state index in [4.69, 9.17) is 5.73 Å². The van der Waals surface area contributed by atoms with Gasteiger partial charge in [-0.1, -0.05) is 46.5 Å². The number of rotatable bonds is 2. The Morgan fingerprint density at radius 3 is 2.06 bits per heavy atom. The van der Waals surface area contributed by atoms with Gasteiger partial charge in [0, 0.05) is 17.5 Å². The fraction of sp³-hybridized carbons (Fsp3) is 0.923. The van der Waals surface area contributed by atoms with Crippen LogP contribution in [0.4, 0.5) is 0 Å². The molecule has 0 aromatic heterocycles. The number of nitrogens with two attached hydrogens (primary N) is 1. The zero-order chi connectivity index (χ0) is 12.2. The summed E-state index contributed by atoms with van der Waals surface area (Å²) < 4.78 is 0. The molecule has 3 nitrogen and oxygen atoms in total. The Bertz CT molecular complexity index is 240. The first-order valence-electron chi connectivity index (χ1n) is 6.41. The summed E-state index contributed by atoms with van der Waals surface area (Å²) in [7, 11) is 0. The van der Waals surface area contributed by atoms with E-state index < -0.39 is 0 Å². The van der Waals surface area contributed by atoms with Gasteiger partial charge in [0.05, 0.1) is 0 Å². The van der Waals surface area contributed by atoms with Crippen molar-refractivity contribution in [2.45, 2.75) is 64.8 Å². The minimum absolute atomic E-state index is 0. The number of halogens is 1. The lowest BCUT2D eigenvalue weighted by molar-refractivity contribution is -0.128. The third kappa shape index (κ3) is 5.73. The maximum atomic E-state index is 11.8. The first-order chi connectivity index (χ1) is 7.33. The molecule has 1 amide bonds. The number of carbonyl (C=O) groups excluding carboxylic acids is 1. The standard InChI is InChI=1S/C13H26N2O.ClH/c1-12(2,3)11(16)15-10-13(14)8-6-4-5-7-9-13;/h4-10,14H2,1-3H3,(H,15,16);1H. The SMILES string of the molecule is CC(C)(C)C(=O)NCC1(N)CCCCCC1.Cl. The van der Waals surface area contributed by atoms with Crippen LogP contribution in [0.1, 0.15) is 59.3 Å². The van der Waals surface area contributed by atoms with Crippen molar-refractivity contribution >= 4 is 18.3 Å². The molecule has 0 aromatic carbocycles. The summed E-state index contributed by atoms with van der Waals surface area (Å²) in [5.74, 6) is 0.0987. The maximum absolute atomic E-state index is 11.8. The first kappa shape index (κ1) is 16.7. The second-order valence-electron chi connectivity index (χ2n) is 6.21. The lowest BCUT2D eigenvalue weighted by Crippen LogP contribution is -2.51. The fourth-order valence-electron chi connectivity index (χ4n) is 2.13. The van der Waals surface area contributed by atoms with Crippen LogP contribution in [0.15, 0.2) is 0 Å². The largest absolute Gasteiger partial charge is 0.354 e. The van der Waals surface area contributed by atoms with Crippen molar-refractivity contribution in [1.82, 2.24) is 5.32 Å². The Morgan fingerprint density at radius 1 is 1.18 bits per heavy atom. The average molecular weight is 263 g/mol. The zero-order valence-electron chi connectivity index (χ0n) is 11.3. The van der Waals surface area contributed by atoms with Gasteiger partial charge in [0.2, 0.25) is 5.91 Å². The molecule has 0 atom stereocenters. The van der Waals surface area contributed by atoms with Crippen LogP contribution in [-0.2, 0) is 4.79 Å². The highest BCUT2D eigenvalue weighted by Crippen LogP contribution is 2.24. The lowest BCUT2D eigenvalue weighted by atomic mass is 9.90. The molecule has 0 saturated heterocycles. The highest BCUT2D eigenvalue weighted by Gasteiger charge is 2.29. The van der Waals surface area contributed by atoms with Crippen LogP contribution < -0.4 is 11.1 Å². The predicted octanol–water partition coefficient (Wildman–Crippen LogP) is 2.62. The first-order valence-corrected chi connectivity index (χ1v) is 6.41. The van der Waals surface area contributed by atoms with Crippen molar-refractivity contribution in [3.05, 3.63) is 0 Å². The van der Waals surface area contributed by atoms with E-state index in [1.54, 1.807) is 0 Å². The Balaban J connectivity index is 0.00000256. The lowest BCUT2D eigenvalue weighted by Gasteiger charge is -2.30. The van der Waals surface area contributed by atoms with Crippen LogP contribution in [0, 0.1) is 5.41 Å². The number of hydrogen-bond acceptors (Lipinski definition) is 2. The van der Waals surface area contributed by atoms with Gasteiger partial charge in [0.25, 0.3) is 0 Å². The normalized spacial score (nSPS) is 20.0. The van der Waals surface area contributed by atoms with E-state index in [9.17, 15) is 4.79 Å². The van der Waals surface area contributed by atoms with Crippen LogP contribution in [0.3, 0.4) is 0 Å². The Morgan fingerprint density at radius 2 is 1.65 bits per heavy atom. The molecule has 1 saturated carbocycles. The molecule has 1 rings (SSSR count). The van der Waals surface area contributed by atoms with E-state index >= 15 is 0 Å². The summed E-state index contributed by atoms with van der Waals surface area (Å²) in [5, 5.41) is 3.00. The van der Waals surface area contributed by atoms with E-state index in [-0.39, 0.29) is 29.3 Å².